The van der Waals surface area contributed by atoms with E-state index in [1.807, 2.05) is 6.07 Å². The summed E-state index contributed by atoms with van der Waals surface area (Å²) < 4.78 is 5.10. The molecule has 0 radical (unpaired) electrons. The minimum atomic E-state index is -0.170. The van der Waals surface area contributed by atoms with Crippen molar-refractivity contribution in [2.75, 3.05) is 6.61 Å². The average molecular weight is 358 g/mol. The highest BCUT2D eigenvalue weighted by molar-refractivity contribution is 5.69. The molecule has 0 bridgehead atoms. The molecule has 0 amide bonds. The van der Waals surface area contributed by atoms with E-state index in [0.29, 0.717) is 6.42 Å². The Bertz CT molecular complexity index is 507. The number of carbonyl (C=O) groups is 1. The van der Waals surface area contributed by atoms with Crippen LogP contribution >= 0.6 is 0 Å². The van der Waals surface area contributed by atoms with Crippen LogP contribution in [0.2, 0.25) is 0 Å². The monoisotopic (exact) mass is 357 g/mol. The summed E-state index contributed by atoms with van der Waals surface area (Å²) in [6, 6.07) is 1.93. The van der Waals surface area contributed by atoms with Crippen LogP contribution in [-0.4, -0.2) is 12.6 Å². The third-order valence-corrected chi connectivity index (χ3v) is 3.80. The number of rotatable bonds is 15. The molecule has 3 heteroatoms. The third-order valence-electron chi connectivity index (χ3n) is 3.80. The Morgan fingerprint density at radius 2 is 1.54 bits per heavy atom. The highest BCUT2D eigenvalue weighted by Gasteiger charge is 2.02. The molecule has 0 aliphatic heterocycles. The van der Waals surface area contributed by atoms with Crippen LogP contribution in [0.3, 0.4) is 0 Å². The zero-order valence-corrected chi connectivity index (χ0v) is 16.6. The Kier molecular flexibility index (Phi) is 17.7. The van der Waals surface area contributed by atoms with E-state index in [9.17, 15) is 4.79 Å². The molecule has 0 heterocycles. The predicted octanol–water partition coefficient (Wildman–Crippen LogP) is 6.59. The van der Waals surface area contributed by atoms with Crippen LogP contribution < -0.4 is 0 Å². The maximum atomic E-state index is 11.5. The third kappa shape index (κ3) is 18.3. The summed E-state index contributed by atoms with van der Waals surface area (Å²) in [5.74, 6) is -0.170. The van der Waals surface area contributed by atoms with Crippen molar-refractivity contribution >= 4 is 5.97 Å². The van der Waals surface area contributed by atoms with E-state index in [1.54, 1.807) is 6.92 Å². The molecule has 0 atom stereocenters. The number of unbranched alkanes of at least 4 members (excludes halogenated alkanes) is 5. The maximum absolute atomic E-state index is 11.5. The van der Waals surface area contributed by atoms with Crippen molar-refractivity contribution in [2.45, 2.75) is 78.1 Å². The largest absolute Gasteiger partial charge is 0.461 e. The Morgan fingerprint density at radius 1 is 0.923 bits per heavy atom. The average Bonchev–Trinajstić information content (AvgIpc) is 2.63. The van der Waals surface area contributed by atoms with Crippen molar-refractivity contribution in [3.05, 3.63) is 48.1 Å². The number of nitrogens with zero attached hydrogens (tertiary/aromatic N) is 1. The van der Waals surface area contributed by atoms with Crippen LogP contribution in [0.4, 0.5) is 0 Å². The first-order valence-corrected chi connectivity index (χ1v) is 9.86. The van der Waals surface area contributed by atoms with E-state index in [4.69, 9.17) is 10.00 Å². The standard InChI is InChI=1S/C23H35NO2/c1-3-4-5-6-7-8-9-10-11-12-13-14-15-16-17-18-23(25)26-21-22(2)19-20-24/h4-5,7-8,10-11,19H,3,6,9,12-18,21H2,1-2H3/b5-4-,8-7-,11-10-,22-19+. The van der Waals surface area contributed by atoms with Gasteiger partial charge in [0.1, 0.15) is 6.61 Å². The first-order valence-electron chi connectivity index (χ1n) is 9.86. The minimum Gasteiger partial charge on any atom is -0.461 e. The van der Waals surface area contributed by atoms with Crippen molar-refractivity contribution in [1.82, 2.24) is 0 Å². The van der Waals surface area contributed by atoms with Gasteiger partial charge in [-0.15, -0.1) is 0 Å². The minimum absolute atomic E-state index is 0.170. The molecule has 0 unspecified atom stereocenters. The van der Waals surface area contributed by atoms with Gasteiger partial charge in [-0.3, -0.25) is 4.79 Å². The number of carbonyl (C=O) groups excluding carboxylic acids is 1. The predicted molar refractivity (Wildman–Crippen MR) is 110 cm³/mol. The second-order valence-electron chi connectivity index (χ2n) is 6.38. The van der Waals surface area contributed by atoms with Crippen LogP contribution in [0.5, 0.6) is 0 Å². The van der Waals surface area contributed by atoms with Crippen molar-refractivity contribution < 1.29 is 9.53 Å². The second kappa shape index (κ2) is 19.2. The van der Waals surface area contributed by atoms with E-state index >= 15 is 0 Å². The number of hydrogen-bond donors (Lipinski definition) is 0. The van der Waals surface area contributed by atoms with Gasteiger partial charge in [0.2, 0.25) is 0 Å². The van der Waals surface area contributed by atoms with Crippen molar-refractivity contribution in [1.29, 1.82) is 5.26 Å². The van der Waals surface area contributed by atoms with Crippen LogP contribution in [0, 0.1) is 11.3 Å². The number of esters is 1. The number of nitriles is 1. The molecule has 0 spiro atoms. The molecule has 0 aliphatic carbocycles. The summed E-state index contributed by atoms with van der Waals surface area (Å²) in [6.45, 7) is 4.16. The zero-order valence-electron chi connectivity index (χ0n) is 16.6. The topological polar surface area (TPSA) is 50.1 Å². The summed E-state index contributed by atoms with van der Waals surface area (Å²) in [7, 11) is 0. The molecule has 0 saturated heterocycles. The van der Waals surface area contributed by atoms with E-state index < -0.39 is 0 Å². The zero-order chi connectivity index (χ0) is 19.3. The van der Waals surface area contributed by atoms with Gasteiger partial charge >= 0.3 is 5.97 Å². The van der Waals surface area contributed by atoms with Gasteiger partial charge in [0.05, 0.1) is 6.07 Å². The molecule has 0 aromatic heterocycles. The Morgan fingerprint density at radius 3 is 2.23 bits per heavy atom. The molecule has 0 aliphatic rings. The Balaban J connectivity index is 3.42. The molecular weight excluding hydrogens is 322 g/mol. The quantitative estimate of drug-likeness (QED) is 0.144. The van der Waals surface area contributed by atoms with E-state index in [0.717, 1.165) is 50.5 Å². The van der Waals surface area contributed by atoms with Gasteiger partial charge in [0, 0.05) is 12.5 Å². The van der Waals surface area contributed by atoms with E-state index in [-0.39, 0.29) is 12.6 Å². The van der Waals surface area contributed by atoms with Gasteiger partial charge in [-0.05, 0) is 51.0 Å². The Hall–Kier alpha value is -2.08. The SMILES string of the molecule is CC/C=C\C/C=C\C/C=C\CCCCCCCC(=O)OC/C(C)=C/C#N. The molecule has 0 saturated carbocycles. The lowest BCUT2D eigenvalue weighted by Crippen LogP contribution is -2.06. The van der Waals surface area contributed by atoms with E-state index in [2.05, 4.69) is 43.4 Å². The molecule has 3 nitrogen and oxygen atoms in total. The van der Waals surface area contributed by atoms with Crippen molar-refractivity contribution in [3.8, 4) is 6.07 Å². The summed E-state index contributed by atoms with van der Waals surface area (Å²) in [6.07, 6.45) is 25.0. The number of hydrogen-bond acceptors (Lipinski definition) is 3. The van der Waals surface area contributed by atoms with Gasteiger partial charge in [-0.25, -0.2) is 0 Å². The lowest BCUT2D eigenvalue weighted by atomic mass is 10.1. The van der Waals surface area contributed by atoms with Gasteiger partial charge < -0.3 is 4.74 Å². The molecular formula is C23H35NO2. The first-order chi connectivity index (χ1) is 12.7. The normalized spacial score (nSPS) is 12.3. The van der Waals surface area contributed by atoms with Gasteiger partial charge in [0.15, 0.2) is 0 Å². The molecule has 0 aromatic carbocycles. The highest BCUT2D eigenvalue weighted by Crippen LogP contribution is 2.09. The number of ether oxygens (including phenoxy) is 1. The van der Waals surface area contributed by atoms with Crippen molar-refractivity contribution in [2.24, 2.45) is 0 Å². The summed E-state index contributed by atoms with van der Waals surface area (Å²) in [5, 5.41) is 8.48. The molecule has 0 rings (SSSR count). The first kappa shape index (κ1) is 23.9. The molecule has 0 fully saturated rings. The highest BCUT2D eigenvalue weighted by atomic mass is 16.5. The summed E-state index contributed by atoms with van der Waals surface area (Å²) in [5.41, 5.74) is 0.776. The van der Waals surface area contributed by atoms with Crippen LogP contribution in [0.15, 0.2) is 48.1 Å². The molecule has 26 heavy (non-hydrogen) atoms. The Labute approximate surface area is 160 Å². The second-order valence-corrected chi connectivity index (χ2v) is 6.38. The van der Waals surface area contributed by atoms with Crippen molar-refractivity contribution in [3.63, 3.8) is 0 Å². The van der Waals surface area contributed by atoms with Gasteiger partial charge in [-0.2, -0.15) is 5.26 Å². The lowest BCUT2D eigenvalue weighted by molar-refractivity contribution is -0.142. The summed E-state index contributed by atoms with van der Waals surface area (Å²) >= 11 is 0. The summed E-state index contributed by atoms with van der Waals surface area (Å²) in [4.78, 5) is 11.5. The van der Waals surface area contributed by atoms with E-state index in [1.165, 1.54) is 18.9 Å². The van der Waals surface area contributed by atoms with Crippen LogP contribution in [0.1, 0.15) is 78.1 Å². The maximum Gasteiger partial charge on any atom is 0.306 e. The molecule has 0 aromatic rings. The fraction of sp³-hybridized carbons (Fsp3) is 0.565. The fourth-order valence-corrected chi connectivity index (χ4v) is 2.31. The van der Waals surface area contributed by atoms with Gasteiger partial charge in [0.25, 0.3) is 0 Å². The smallest absolute Gasteiger partial charge is 0.306 e. The van der Waals surface area contributed by atoms with Crippen LogP contribution in [-0.2, 0) is 9.53 Å². The fourth-order valence-electron chi connectivity index (χ4n) is 2.31. The molecule has 144 valence electrons. The van der Waals surface area contributed by atoms with Gasteiger partial charge in [-0.1, -0.05) is 62.6 Å². The van der Waals surface area contributed by atoms with Crippen LogP contribution in [0.25, 0.3) is 0 Å². The lowest BCUT2D eigenvalue weighted by Gasteiger charge is -2.04. The number of allylic oxidation sites excluding steroid dienone is 7. The molecule has 0 N–H and O–H groups in total.